The van der Waals surface area contributed by atoms with Gasteiger partial charge in [0.2, 0.25) is 0 Å². The van der Waals surface area contributed by atoms with Crippen LogP contribution >= 0.6 is 0 Å². The van der Waals surface area contributed by atoms with E-state index in [1.54, 1.807) is 0 Å². The number of hydrogen-bond donors (Lipinski definition) is 0. The van der Waals surface area contributed by atoms with E-state index in [-0.39, 0.29) is 24.1 Å². The summed E-state index contributed by atoms with van der Waals surface area (Å²) < 4.78 is 22.6. The molecule has 2 saturated carbocycles. The Bertz CT molecular complexity index is 581. The van der Waals surface area contributed by atoms with Gasteiger partial charge in [0.15, 0.2) is 0 Å². The molecule has 0 N–H and O–H groups in total. The molecule has 10 unspecified atom stereocenters. The lowest BCUT2D eigenvalue weighted by atomic mass is 9.77. The third-order valence-corrected chi connectivity index (χ3v) is 7.91. The Hall–Kier alpha value is -1.14. The van der Waals surface area contributed by atoms with Gasteiger partial charge in [0, 0.05) is 24.7 Å². The highest BCUT2D eigenvalue weighted by atomic mass is 16.6. The van der Waals surface area contributed by atoms with Crippen molar-refractivity contribution < 1.29 is 28.5 Å². The van der Waals surface area contributed by atoms with Crippen molar-refractivity contribution in [3.05, 3.63) is 0 Å². The van der Waals surface area contributed by atoms with Crippen LogP contribution in [-0.2, 0) is 28.5 Å². The molecular weight excluding hydrogens is 384 g/mol. The van der Waals surface area contributed by atoms with Crippen molar-refractivity contribution in [1.82, 2.24) is 0 Å². The molecule has 2 aliphatic heterocycles. The van der Waals surface area contributed by atoms with Crippen LogP contribution in [0.5, 0.6) is 0 Å². The summed E-state index contributed by atoms with van der Waals surface area (Å²) in [5.41, 5.74) is 0. The van der Waals surface area contributed by atoms with Gasteiger partial charge in [-0.25, -0.2) is 0 Å². The van der Waals surface area contributed by atoms with Crippen LogP contribution in [0.1, 0.15) is 79.1 Å². The van der Waals surface area contributed by atoms with E-state index in [0.29, 0.717) is 73.8 Å². The molecule has 0 aromatic carbocycles. The lowest BCUT2D eigenvalue weighted by molar-refractivity contribution is -0.154. The maximum Gasteiger partial charge on any atom is 0.306 e. The van der Waals surface area contributed by atoms with Crippen LogP contribution in [0.3, 0.4) is 0 Å². The molecule has 30 heavy (non-hydrogen) atoms. The fourth-order valence-corrected chi connectivity index (χ4v) is 5.83. The van der Waals surface area contributed by atoms with Crippen molar-refractivity contribution in [3.63, 3.8) is 0 Å². The summed E-state index contributed by atoms with van der Waals surface area (Å²) in [6, 6.07) is 0. The molecule has 0 aromatic rings. The van der Waals surface area contributed by atoms with Gasteiger partial charge < -0.3 is 18.9 Å². The maximum absolute atomic E-state index is 12.2. The predicted octanol–water partition coefficient (Wildman–Crippen LogP) is 4.04. The second-order valence-electron chi connectivity index (χ2n) is 10.2. The SMILES string of the molecule is CC1CC2OC2CC1C(C)OC(=O)CCCCC(=O)OC(C)C1CC2OC2CC1C. The fourth-order valence-electron chi connectivity index (χ4n) is 5.83. The molecule has 2 saturated heterocycles. The number of carbonyl (C=O) groups is 2. The molecule has 2 aliphatic carbocycles. The molecule has 10 atom stereocenters. The Morgan fingerprint density at radius 2 is 1.10 bits per heavy atom. The van der Waals surface area contributed by atoms with Crippen LogP contribution < -0.4 is 0 Å². The number of epoxide rings is 2. The smallest absolute Gasteiger partial charge is 0.306 e. The highest BCUT2D eigenvalue weighted by molar-refractivity contribution is 5.70. The molecule has 4 aliphatic rings. The van der Waals surface area contributed by atoms with Crippen molar-refractivity contribution in [3.8, 4) is 0 Å². The van der Waals surface area contributed by atoms with Gasteiger partial charge in [-0.15, -0.1) is 0 Å². The average molecular weight is 423 g/mol. The van der Waals surface area contributed by atoms with Crippen LogP contribution in [0.2, 0.25) is 0 Å². The van der Waals surface area contributed by atoms with E-state index >= 15 is 0 Å². The van der Waals surface area contributed by atoms with Gasteiger partial charge in [0.25, 0.3) is 0 Å². The van der Waals surface area contributed by atoms with Gasteiger partial charge >= 0.3 is 11.9 Å². The van der Waals surface area contributed by atoms with Crippen molar-refractivity contribution >= 4 is 11.9 Å². The molecule has 170 valence electrons. The Morgan fingerprint density at radius 1 is 0.733 bits per heavy atom. The van der Waals surface area contributed by atoms with Gasteiger partial charge in [-0.2, -0.15) is 0 Å². The summed E-state index contributed by atoms with van der Waals surface area (Å²) >= 11 is 0. The standard InChI is InChI=1S/C24H38O6/c1-13-9-19-21(29-19)11-17(13)15(3)27-23(25)7-5-6-8-24(26)28-16(4)18-12-22-20(30-22)10-14(18)2/h13-22H,5-12H2,1-4H3. The number of fused-ring (bicyclic) bond motifs is 2. The zero-order chi connectivity index (χ0) is 21.4. The normalized spacial score (nSPS) is 41.1. The monoisotopic (exact) mass is 422 g/mol. The van der Waals surface area contributed by atoms with E-state index in [9.17, 15) is 9.59 Å². The number of esters is 2. The first kappa shape index (κ1) is 22.1. The minimum atomic E-state index is -0.162. The van der Waals surface area contributed by atoms with E-state index in [0.717, 1.165) is 25.7 Å². The first-order valence-corrected chi connectivity index (χ1v) is 12.0. The van der Waals surface area contributed by atoms with Gasteiger partial charge in [0.05, 0.1) is 24.4 Å². The van der Waals surface area contributed by atoms with E-state index in [1.165, 1.54) is 0 Å². The van der Waals surface area contributed by atoms with E-state index in [2.05, 4.69) is 13.8 Å². The summed E-state index contributed by atoms with van der Waals surface area (Å²) in [7, 11) is 0. The number of rotatable bonds is 9. The number of unbranched alkanes of at least 4 members (excludes halogenated alkanes) is 1. The summed E-state index contributed by atoms with van der Waals surface area (Å²) in [5, 5.41) is 0. The van der Waals surface area contributed by atoms with Crippen molar-refractivity contribution in [2.24, 2.45) is 23.7 Å². The van der Waals surface area contributed by atoms with Crippen molar-refractivity contribution in [1.29, 1.82) is 0 Å². The van der Waals surface area contributed by atoms with E-state index in [1.807, 2.05) is 13.8 Å². The molecule has 0 spiro atoms. The highest BCUT2D eigenvalue weighted by Crippen LogP contribution is 2.45. The van der Waals surface area contributed by atoms with Crippen LogP contribution in [0.25, 0.3) is 0 Å². The minimum absolute atomic E-state index is 0.0732. The molecule has 0 aromatic heterocycles. The lowest BCUT2D eigenvalue weighted by Gasteiger charge is -2.31. The van der Waals surface area contributed by atoms with Crippen molar-refractivity contribution in [2.45, 2.75) is 116 Å². The summed E-state index contributed by atoms with van der Waals surface area (Å²) in [6.45, 7) is 8.45. The van der Waals surface area contributed by atoms with E-state index in [4.69, 9.17) is 18.9 Å². The Kier molecular flexibility index (Phi) is 6.73. The van der Waals surface area contributed by atoms with Gasteiger partial charge in [-0.05, 0) is 64.2 Å². The summed E-state index contributed by atoms with van der Waals surface area (Å²) in [4.78, 5) is 24.4. The molecule has 4 rings (SSSR count). The fraction of sp³-hybridized carbons (Fsp3) is 0.917. The number of hydrogen-bond acceptors (Lipinski definition) is 6. The molecular formula is C24H38O6. The Labute approximate surface area is 180 Å². The molecule has 0 bridgehead atoms. The molecule has 2 heterocycles. The van der Waals surface area contributed by atoms with Crippen LogP contribution in [0.15, 0.2) is 0 Å². The van der Waals surface area contributed by atoms with Gasteiger partial charge in [0.1, 0.15) is 12.2 Å². The topological polar surface area (TPSA) is 77.7 Å². The second-order valence-corrected chi connectivity index (χ2v) is 10.2. The molecule has 6 nitrogen and oxygen atoms in total. The second kappa shape index (κ2) is 9.15. The summed E-state index contributed by atoms with van der Waals surface area (Å²) in [6.07, 6.45) is 7.68. The Balaban J connectivity index is 1.08. The van der Waals surface area contributed by atoms with Gasteiger partial charge in [-0.3, -0.25) is 9.59 Å². The number of ether oxygens (including phenoxy) is 4. The highest BCUT2D eigenvalue weighted by Gasteiger charge is 2.49. The van der Waals surface area contributed by atoms with Crippen molar-refractivity contribution in [2.75, 3.05) is 0 Å². The molecule has 6 heteroatoms. The predicted molar refractivity (Wildman–Crippen MR) is 111 cm³/mol. The zero-order valence-electron chi connectivity index (χ0n) is 18.9. The van der Waals surface area contributed by atoms with Gasteiger partial charge in [-0.1, -0.05) is 13.8 Å². The van der Waals surface area contributed by atoms with Crippen LogP contribution in [-0.4, -0.2) is 48.6 Å². The third kappa shape index (κ3) is 5.37. The summed E-state index contributed by atoms with van der Waals surface area (Å²) in [5.74, 6) is 1.49. The molecule has 0 radical (unpaired) electrons. The number of carbonyl (C=O) groups excluding carboxylic acids is 2. The molecule has 4 fully saturated rings. The zero-order valence-corrected chi connectivity index (χ0v) is 18.9. The largest absolute Gasteiger partial charge is 0.462 e. The minimum Gasteiger partial charge on any atom is -0.462 e. The van der Waals surface area contributed by atoms with E-state index < -0.39 is 0 Å². The van der Waals surface area contributed by atoms with Crippen LogP contribution in [0.4, 0.5) is 0 Å². The third-order valence-electron chi connectivity index (χ3n) is 7.91. The maximum atomic E-state index is 12.2. The first-order chi connectivity index (χ1) is 14.3. The average Bonchev–Trinajstić information content (AvgIpc) is 3.58. The quantitative estimate of drug-likeness (QED) is 0.317. The lowest BCUT2D eigenvalue weighted by Crippen LogP contribution is -2.34. The Morgan fingerprint density at radius 3 is 1.50 bits per heavy atom. The van der Waals surface area contributed by atoms with Crippen LogP contribution in [0, 0.1) is 23.7 Å². The molecule has 0 amide bonds. The first-order valence-electron chi connectivity index (χ1n) is 12.0.